The molecule has 0 spiro atoms. The van der Waals surface area contributed by atoms with E-state index in [0.717, 1.165) is 11.8 Å². The summed E-state index contributed by atoms with van der Waals surface area (Å²) in [7, 11) is 0. The van der Waals surface area contributed by atoms with Gasteiger partial charge in [0.15, 0.2) is 0 Å². The molecule has 6 aliphatic carbocycles. The molecule has 7 rings (SSSR count). The van der Waals surface area contributed by atoms with Crippen LogP contribution in [0.2, 0.25) is 0 Å². The van der Waals surface area contributed by atoms with Crippen LogP contribution in [-0.4, -0.2) is 0 Å². The highest BCUT2D eigenvalue weighted by molar-refractivity contribution is 5.71. The van der Waals surface area contributed by atoms with Crippen molar-refractivity contribution in [1.29, 1.82) is 0 Å². The molecule has 0 heteroatoms. The predicted octanol–water partition coefficient (Wildman–Crippen LogP) is 7.58. The van der Waals surface area contributed by atoms with Gasteiger partial charge in [-0.1, -0.05) is 86.6 Å². The lowest BCUT2D eigenvalue weighted by atomic mass is 9.34. The zero-order valence-corrected chi connectivity index (χ0v) is 20.6. The lowest BCUT2D eigenvalue weighted by molar-refractivity contribution is -0.129. The minimum absolute atomic E-state index is 0.341. The van der Waals surface area contributed by atoms with E-state index in [4.69, 9.17) is 0 Å². The van der Waals surface area contributed by atoms with Crippen molar-refractivity contribution in [2.24, 2.45) is 23.2 Å². The summed E-state index contributed by atoms with van der Waals surface area (Å²) in [6.07, 6.45) is 22.6. The Kier molecular flexibility index (Phi) is 5.08. The van der Waals surface area contributed by atoms with Gasteiger partial charge in [-0.2, -0.15) is 24.3 Å². The van der Waals surface area contributed by atoms with E-state index in [2.05, 4.69) is 72.8 Å². The SMILES string of the molecule is C1=c2ccccc2=CC1C1(C2CCCCC2)CCC1(c1cc2cc[cH-]cc-2c1)C1CCCCC1. The topological polar surface area (TPSA) is 0 Å². The first-order valence-corrected chi connectivity index (χ1v) is 14.3. The third-order valence-corrected chi connectivity index (χ3v) is 10.8. The maximum absolute atomic E-state index is 2.70. The molecule has 176 valence electrons. The third kappa shape index (κ3) is 2.93. The van der Waals surface area contributed by atoms with Crippen LogP contribution in [0.3, 0.4) is 0 Å². The second-order valence-corrected chi connectivity index (χ2v) is 12.0. The quantitative estimate of drug-likeness (QED) is 0.362. The largest absolute Gasteiger partial charge is 0.172 e. The Labute approximate surface area is 205 Å². The summed E-state index contributed by atoms with van der Waals surface area (Å²) >= 11 is 0. The first-order valence-electron chi connectivity index (χ1n) is 14.3. The average Bonchev–Trinajstić information content (AvgIpc) is 3.50. The Hall–Kier alpha value is -2.21. The number of benzene rings is 2. The van der Waals surface area contributed by atoms with Gasteiger partial charge in [0.1, 0.15) is 0 Å². The molecule has 0 amide bonds. The van der Waals surface area contributed by atoms with Gasteiger partial charge in [-0.25, -0.2) is 0 Å². The summed E-state index contributed by atoms with van der Waals surface area (Å²) in [4.78, 5) is 0. The van der Waals surface area contributed by atoms with Gasteiger partial charge in [0.05, 0.1) is 0 Å². The Morgan fingerprint density at radius 1 is 0.676 bits per heavy atom. The van der Waals surface area contributed by atoms with Gasteiger partial charge in [0, 0.05) is 11.3 Å². The molecule has 3 saturated carbocycles. The minimum atomic E-state index is 0.341. The van der Waals surface area contributed by atoms with Crippen LogP contribution in [0.1, 0.15) is 82.6 Å². The number of rotatable bonds is 4. The molecule has 0 aromatic heterocycles. The van der Waals surface area contributed by atoms with E-state index in [9.17, 15) is 0 Å². The fraction of sp³-hybridized carbons (Fsp3) is 0.500. The van der Waals surface area contributed by atoms with Gasteiger partial charge < -0.3 is 0 Å². The van der Waals surface area contributed by atoms with Gasteiger partial charge in [-0.05, 0) is 66.2 Å². The van der Waals surface area contributed by atoms with Crippen LogP contribution in [-0.2, 0) is 5.41 Å². The van der Waals surface area contributed by atoms with Gasteiger partial charge in [0.25, 0.3) is 0 Å². The van der Waals surface area contributed by atoms with Crippen molar-refractivity contribution in [3.8, 4) is 11.1 Å². The Morgan fingerprint density at radius 2 is 1.32 bits per heavy atom. The first-order chi connectivity index (χ1) is 16.8. The molecular formula is C34H39-. The zero-order chi connectivity index (χ0) is 22.6. The fourth-order valence-electron chi connectivity index (χ4n) is 9.39. The summed E-state index contributed by atoms with van der Waals surface area (Å²) in [6, 6.07) is 23.6. The smallest absolute Gasteiger partial charge is 0.00384 e. The zero-order valence-electron chi connectivity index (χ0n) is 20.6. The molecule has 0 aliphatic heterocycles. The van der Waals surface area contributed by atoms with Crippen molar-refractivity contribution in [2.75, 3.05) is 0 Å². The van der Waals surface area contributed by atoms with Crippen molar-refractivity contribution in [3.05, 3.63) is 76.7 Å². The highest BCUT2D eigenvalue weighted by Gasteiger charge is 2.67. The first kappa shape index (κ1) is 21.1. The normalized spacial score (nSPS) is 30.5. The van der Waals surface area contributed by atoms with Crippen LogP contribution in [0.4, 0.5) is 0 Å². The number of fused-ring (bicyclic) bond motifs is 2. The van der Waals surface area contributed by atoms with Crippen LogP contribution in [0.25, 0.3) is 23.3 Å². The van der Waals surface area contributed by atoms with Gasteiger partial charge >= 0.3 is 0 Å². The monoisotopic (exact) mass is 447 g/mol. The van der Waals surface area contributed by atoms with Gasteiger partial charge in [0.2, 0.25) is 0 Å². The van der Waals surface area contributed by atoms with Crippen LogP contribution in [0, 0.1) is 23.2 Å². The molecule has 0 saturated heterocycles. The van der Waals surface area contributed by atoms with Crippen molar-refractivity contribution < 1.29 is 0 Å². The molecule has 0 nitrogen and oxygen atoms in total. The highest BCUT2D eigenvalue weighted by Crippen LogP contribution is 2.73. The second kappa shape index (κ2) is 8.18. The van der Waals surface area contributed by atoms with Crippen LogP contribution in [0.5, 0.6) is 0 Å². The lowest BCUT2D eigenvalue weighted by Crippen LogP contribution is -2.65. The second-order valence-electron chi connectivity index (χ2n) is 12.0. The van der Waals surface area contributed by atoms with E-state index in [-0.39, 0.29) is 0 Å². The average molecular weight is 448 g/mol. The molecular weight excluding hydrogens is 408 g/mol. The Balaban J connectivity index is 1.45. The standard InChI is InChI=1S/C34H39/c1-3-15-29(16-4-1)33(31-21-25-11-7-8-12-26(25)22-31)19-20-34(33,30-17-5-2-6-18-30)32-23-27-13-9-10-14-28(27)24-32/h7-14,21-24,29-31H,1-6,15-20H2/q-1. The van der Waals surface area contributed by atoms with Crippen LogP contribution in [0.15, 0.2) is 60.7 Å². The molecule has 2 atom stereocenters. The summed E-state index contributed by atoms with van der Waals surface area (Å²) in [5, 5.41) is 2.97. The van der Waals surface area contributed by atoms with Crippen LogP contribution >= 0.6 is 0 Å². The van der Waals surface area contributed by atoms with E-state index in [0.29, 0.717) is 16.7 Å². The van der Waals surface area contributed by atoms with Crippen molar-refractivity contribution in [2.45, 2.75) is 82.5 Å². The molecule has 0 bridgehead atoms. The number of hydrogen-bond acceptors (Lipinski definition) is 0. The molecule has 0 radical (unpaired) electrons. The Morgan fingerprint density at radius 3 is 1.94 bits per heavy atom. The molecule has 1 aromatic carbocycles. The molecule has 34 heavy (non-hydrogen) atoms. The summed E-state index contributed by atoms with van der Waals surface area (Å²) < 4.78 is 0. The minimum Gasteiger partial charge on any atom is -0.172 e. The van der Waals surface area contributed by atoms with Crippen molar-refractivity contribution >= 4 is 12.2 Å². The summed E-state index contributed by atoms with van der Waals surface area (Å²) in [5.74, 6) is 2.29. The molecule has 0 heterocycles. The lowest BCUT2D eigenvalue weighted by Gasteiger charge is -2.69. The van der Waals surface area contributed by atoms with Crippen LogP contribution < -0.4 is 10.4 Å². The summed E-state index contributed by atoms with van der Waals surface area (Å²) in [5.41, 5.74) is 5.35. The molecule has 2 unspecified atom stereocenters. The van der Waals surface area contributed by atoms with E-state index >= 15 is 0 Å². The summed E-state index contributed by atoms with van der Waals surface area (Å²) in [6.45, 7) is 0. The van der Waals surface area contributed by atoms with E-state index in [1.165, 1.54) is 98.6 Å². The molecule has 0 N–H and O–H groups in total. The number of hydrogen-bond donors (Lipinski definition) is 0. The Bertz CT molecular complexity index is 1180. The van der Waals surface area contributed by atoms with Crippen molar-refractivity contribution in [3.63, 3.8) is 0 Å². The highest BCUT2D eigenvalue weighted by atomic mass is 14.7. The van der Waals surface area contributed by atoms with E-state index in [1.54, 1.807) is 5.56 Å². The molecule has 1 aromatic rings. The van der Waals surface area contributed by atoms with E-state index < -0.39 is 0 Å². The van der Waals surface area contributed by atoms with Crippen molar-refractivity contribution in [1.82, 2.24) is 0 Å². The maximum Gasteiger partial charge on any atom is 0.00384 e. The molecule has 6 aliphatic rings. The maximum atomic E-state index is 2.70. The third-order valence-electron chi connectivity index (χ3n) is 10.8. The molecule has 3 fully saturated rings. The van der Waals surface area contributed by atoms with Gasteiger partial charge in [-0.15, -0.1) is 17.2 Å². The van der Waals surface area contributed by atoms with Gasteiger partial charge in [-0.3, -0.25) is 0 Å². The van der Waals surface area contributed by atoms with E-state index in [1.807, 2.05) is 0 Å². The fourth-order valence-corrected chi connectivity index (χ4v) is 9.39. The predicted molar refractivity (Wildman–Crippen MR) is 143 cm³/mol.